The maximum Gasteiger partial charge on any atom is 0.329 e. The van der Waals surface area contributed by atoms with Crippen molar-refractivity contribution < 1.29 is 14.6 Å². The number of hydrogen-bond acceptors (Lipinski definition) is 5. The first kappa shape index (κ1) is 18.8. The van der Waals surface area contributed by atoms with Crippen LogP contribution in [0.2, 0.25) is 0 Å². The Morgan fingerprint density at radius 3 is 2.52 bits per heavy atom. The van der Waals surface area contributed by atoms with Crippen LogP contribution in [-0.2, 0) is 0 Å². The van der Waals surface area contributed by atoms with E-state index in [1.807, 2.05) is 4.90 Å². The van der Waals surface area contributed by atoms with Gasteiger partial charge in [0.2, 0.25) is 0 Å². The lowest BCUT2D eigenvalue weighted by molar-refractivity contribution is 0.0335. The molecule has 2 atom stereocenters. The Labute approximate surface area is 166 Å². The number of rotatable bonds is 4. The van der Waals surface area contributed by atoms with Crippen molar-refractivity contribution >= 4 is 16.6 Å². The molecule has 2 heterocycles. The van der Waals surface area contributed by atoms with E-state index in [0.717, 1.165) is 25.7 Å². The highest BCUT2D eigenvalue weighted by atomic mass is 19.1. The Hall–Kier alpha value is -2.19. The standard InChI is InChI=1S/C21H26FN3O4/c1-10-15-17(25(12-3-4-12)20(29)23-19(15)28)11(2)18(16(10)22)24-7-13(14(27)8-26)21(9-24)5-6-21/h12-14,26-27H,3-9H2,1-2H3,(H,23,28,29). The molecule has 2 aliphatic carbocycles. The molecule has 0 bridgehead atoms. The van der Waals surface area contributed by atoms with E-state index in [0.29, 0.717) is 29.9 Å². The van der Waals surface area contributed by atoms with Crippen LogP contribution in [0.4, 0.5) is 10.1 Å². The fraction of sp³-hybridized carbons (Fsp3) is 0.619. The van der Waals surface area contributed by atoms with Crippen molar-refractivity contribution in [3.63, 3.8) is 0 Å². The van der Waals surface area contributed by atoms with Crippen LogP contribution in [0.5, 0.6) is 0 Å². The summed E-state index contributed by atoms with van der Waals surface area (Å²) < 4.78 is 17.2. The van der Waals surface area contributed by atoms with Crippen molar-refractivity contribution in [2.75, 3.05) is 24.6 Å². The van der Waals surface area contributed by atoms with Crippen molar-refractivity contribution in [3.05, 3.63) is 37.8 Å². The molecule has 0 radical (unpaired) electrons. The SMILES string of the molecule is Cc1c(F)c(N2CC(C(O)CO)C3(CC3)C2)c(C)c2c1c(=O)[nH]c(=O)n2C1CC1. The Bertz CT molecular complexity index is 1130. The van der Waals surface area contributed by atoms with Crippen LogP contribution in [-0.4, -0.2) is 45.6 Å². The van der Waals surface area contributed by atoms with E-state index < -0.39 is 23.2 Å². The summed E-state index contributed by atoms with van der Waals surface area (Å²) in [4.78, 5) is 29.4. The van der Waals surface area contributed by atoms with Crippen molar-refractivity contribution in [1.82, 2.24) is 9.55 Å². The quantitative estimate of drug-likeness (QED) is 0.716. The number of nitrogens with one attached hydrogen (secondary N) is 1. The molecule has 29 heavy (non-hydrogen) atoms. The number of aromatic amines is 1. The van der Waals surface area contributed by atoms with Gasteiger partial charge in [0.15, 0.2) is 5.82 Å². The Morgan fingerprint density at radius 2 is 1.93 bits per heavy atom. The molecule has 1 aromatic carbocycles. The van der Waals surface area contributed by atoms with Gasteiger partial charge >= 0.3 is 5.69 Å². The largest absolute Gasteiger partial charge is 0.394 e. The first-order valence-corrected chi connectivity index (χ1v) is 10.3. The molecule has 2 aromatic rings. The second-order valence-electron chi connectivity index (χ2n) is 9.10. The molecular weight excluding hydrogens is 377 g/mol. The van der Waals surface area contributed by atoms with Crippen LogP contribution < -0.4 is 16.1 Å². The molecule has 7 nitrogen and oxygen atoms in total. The molecule has 1 saturated heterocycles. The third-order valence-corrected chi connectivity index (χ3v) is 7.25. The van der Waals surface area contributed by atoms with Gasteiger partial charge in [0.1, 0.15) is 0 Å². The molecule has 0 amide bonds. The predicted octanol–water partition coefficient (Wildman–Crippen LogP) is 1.35. The second kappa shape index (κ2) is 6.15. The van der Waals surface area contributed by atoms with Gasteiger partial charge in [-0.2, -0.15) is 0 Å². The fourth-order valence-electron chi connectivity index (χ4n) is 5.40. The number of anilines is 1. The number of halogens is 1. The van der Waals surface area contributed by atoms with Crippen molar-refractivity contribution in [2.24, 2.45) is 11.3 Å². The molecule has 1 aromatic heterocycles. The van der Waals surface area contributed by atoms with Gasteiger partial charge in [-0.15, -0.1) is 0 Å². The predicted molar refractivity (Wildman–Crippen MR) is 107 cm³/mol. The second-order valence-corrected chi connectivity index (χ2v) is 9.10. The third-order valence-electron chi connectivity index (χ3n) is 7.25. The molecule has 1 spiro atoms. The number of H-pyrrole nitrogens is 1. The van der Waals surface area contributed by atoms with Gasteiger partial charge in [-0.1, -0.05) is 0 Å². The number of aliphatic hydroxyl groups excluding tert-OH is 2. The van der Waals surface area contributed by atoms with E-state index in [9.17, 15) is 19.8 Å². The Morgan fingerprint density at radius 1 is 1.24 bits per heavy atom. The summed E-state index contributed by atoms with van der Waals surface area (Å²) in [6, 6.07) is 0.0376. The van der Waals surface area contributed by atoms with E-state index >= 15 is 4.39 Å². The van der Waals surface area contributed by atoms with Gasteiger partial charge < -0.3 is 15.1 Å². The van der Waals surface area contributed by atoms with E-state index in [1.54, 1.807) is 18.4 Å². The lowest BCUT2D eigenvalue weighted by Gasteiger charge is -2.25. The number of nitrogens with zero attached hydrogens (tertiary/aromatic N) is 2. The molecule has 8 heteroatoms. The van der Waals surface area contributed by atoms with E-state index in [4.69, 9.17) is 0 Å². The summed E-state index contributed by atoms with van der Waals surface area (Å²) >= 11 is 0. The van der Waals surface area contributed by atoms with Gasteiger partial charge in [-0.25, -0.2) is 9.18 Å². The smallest absolute Gasteiger partial charge is 0.329 e. The summed E-state index contributed by atoms with van der Waals surface area (Å²) in [5.41, 5.74) is 0.675. The van der Waals surface area contributed by atoms with Crippen LogP contribution in [0.15, 0.2) is 9.59 Å². The van der Waals surface area contributed by atoms with Crippen LogP contribution in [0.3, 0.4) is 0 Å². The zero-order chi connectivity index (χ0) is 20.7. The molecule has 2 unspecified atom stereocenters. The Balaban J connectivity index is 1.73. The highest BCUT2D eigenvalue weighted by Gasteiger charge is 2.57. The van der Waals surface area contributed by atoms with Crippen LogP contribution in [0.1, 0.15) is 42.9 Å². The van der Waals surface area contributed by atoms with E-state index in [2.05, 4.69) is 4.98 Å². The highest BCUT2D eigenvalue weighted by molar-refractivity contribution is 5.90. The van der Waals surface area contributed by atoms with E-state index in [-0.39, 0.29) is 34.9 Å². The minimum absolute atomic E-state index is 0.0376. The maximum absolute atomic E-state index is 15.6. The first-order chi connectivity index (χ1) is 13.8. The van der Waals surface area contributed by atoms with Gasteiger partial charge in [-0.3, -0.25) is 14.3 Å². The van der Waals surface area contributed by atoms with Gasteiger partial charge in [0.25, 0.3) is 5.56 Å². The van der Waals surface area contributed by atoms with Crippen molar-refractivity contribution in [3.8, 4) is 0 Å². The zero-order valence-corrected chi connectivity index (χ0v) is 16.7. The number of fused-ring (bicyclic) bond motifs is 1. The van der Waals surface area contributed by atoms with Crippen LogP contribution in [0.25, 0.3) is 10.9 Å². The number of hydrogen-bond donors (Lipinski definition) is 3. The first-order valence-electron chi connectivity index (χ1n) is 10.3. The minimum atomic E-state index is -0.833. The summed E-state index contributed by atoms with van der Waals surface area (Å²) in [6.45, 7) is 4.10. The molecule has 156 valence electrons. The summed E-state index contributed by atoms with van der Waals surface area (Å²) in [7, 11) is 0. The molecule has 3 N–H and O–H groups in total. The number of aryl methyl sites for hydroxylation is 2. The normalized spacial score (nSPS) is 23.9. The lowest BCUT2D eigenvalue weighted by atomic mass is 9.88. The molecule has 1 aliphatic heterocycles. The van der Waals surface area contributed by atoms with Gasteiger partial charge in [0.05, 0.1) is 29.3 Å². The Kier molecular flexibility index (Phi) is 3.99. The number of aromatic nitrogens is 2. The van der Waals surface area contributed by atoms with Gasteiger partial charge in [0, 0.05) is 36.2 Å². The summed E-state index contributed by atoms with van der Waals surface area (Å²) in [5, 5.41) is 20.0. The van der Waals surface area contributed by atoms with Crippen LogP contribution in [0, 0.1) is 31.0 Å². The van der Waals surface area contributed by atoms with Gasteiger partial charge in [-0.05, 0) is 44.9 Å². The number of benzene rings is 1. The molecule has 3 aliphatic rings. The average Bonchev–Trinajstić information content (AvgIpc) is 3.58. The monoisotopic (exact) mass is 403 g/mol. The van der Waals surface area contributed by atoms with Crippen LogP contribution >= 0.6 is 0 Å². The molecular formula is C21H26FN3O4. The summed E-state index contributed by atoms with van der Waals surface area (Å²) in [6.07, 6.45) is 2.80. The summed E-state index contributed by atoms with van der Waals surface area (Å²) in [5.74, 6) is -0.566. The fourth-order valence-corrected chi connectivity index (χ4v) is 5.40. The third kappa shape index (κ3) is 2.61. The average molecular weight is 403 g/mol. The molecule has 2 saturated carbocycles. The van der Waals surface area contributed by atoms with Crippen molar-refractivity contribution in [1.29, 1.82) is 0 Å². The minimum Gasteiger partial charge on any atom is -0.394 e. The zero-order valence-electron chi connectivity index (χ0n) is 16.7. The highest BCUT2D eigenvalue weighted by Crippen LogP contribution is 2.58. The van der Waals surface area contributed by atoms with Crippen molar-refractivity contribution in [2.45, 2.75) is 51.7 Å². The topological polar surface area (TPSA) is 98.6 Å². The maximum atomic E-state index is 15.6. The lowest BCUT2D eigenvalue weighted by Crippen LogP contribution is -2.33. The molecule has 3 fully saturated rings. The van der Waals surface area contributed by atoms with E-state index in [1.165, 1.54) is 0 Å². The number of aliphatic hydroxyl groups is 2. The molecule has 5 rings (SSSR count).